The highest BCUT2D eigenvalue weighted by Gasteiger charge is 2.35. The van der Waals surface area contributed by atoms with Crippen molar-refractivity contribution in [3.05, 3.63) is 52.2 Å². The molecule has 0 aliphatic carbocycles. The third-order valence-electron chi connectivity index (χ3n) is 5.87. The van der Waals surface area contributed by atoms with Gasteiger partial charge in [0, 0.05) is 35.5 Å². The molecule has 2 fully saturated rings. The SMILES string of the molecule is COc1ccccc1CN(Cc1cccs1)C(=O)CC1CC2CCC(C1)N2. The Labute approximate surface area is 165 Å². The Morgan fingerprint density at radius 2 is 1.93 bits per heavy atom. The number of thiophene rings is 1. The minimum absolute atomic E-state index is 0.264. The average Bonchev–Trinajstić information content (AvgIpc) is 3.31. The van der Waals surface area contributed by atoms with E-state index in [0.717, 1.165) is 24.2 Å². The minimum Gasteiger partial charge on any atom is -0.496 e. The van der Waals surface area contributed by atoms with Crippen LogP contribution in [-0.4, -0.2) is 30.0 Å². The van der Waals surface area contributed by atoms with Gasteiger partial charge >= 0.3 is 0 Å². The van der Waals surface area contributed by atoms with Crippen LogP contribution in [0.1, 0.15) is 42.5 Å². The van der Waals surface area contributed by atoms with E-state index in [1.807, 2.05) is 23.1 Å². The molecule has 2 aliphatic heterocycles. The highest BCUT2D eigenvalue weighted by molar-refractivity contribution is 7.09. The number of piperidine rings is 1. The summed E-state index contributed by atoms with van der Waals surface area (Å²) in [6, 6.07) is 13.4. The van der Waals surface area contributed by atoms with Gasteiger partial charge in [-0.15, -0.1) is 11.3 Å². The van der Waals surface area contributed by atoms with E-state index in [1.165, 1.54) is 17.7 Å². The second kappa shape index (κ2) is 8.44. The zero-order valence-electron chi connectivity index (χ0n) is 15.9. The lowest BCUT2D eigenvalue weighted by Crippen LogP contribution is -2.40. The standard InChI is InChI=1S/C22H28N2O2S/c1-26-21-7-3-2-5-17(21)14-24(15-20-6-4-10-27-20)22(25)13-16-11-18-8-9-19(12-16)23-18/h2-7,10,16,18-19,23H,8-9,11-15H2,1H3. The molecule has 2 atom stereocenters. The van der Waals surface area contributed by atoms with Gasteiger partial charge in [-0.05, 0) is 49.1 Å². The van der Waals surface area contributed by atoms with E-state index in [1.54, 1.807) is 18.4 Å². The van der Waals surface area contributed by atoms with E-state index in [0.29, 0.717) is 37.5 Å². The molecule has 0 radical (unpaired) electrons. The molecule has 2 aliphatic rings. The fourth-order valence-corrected chi connectivity index (χ4v) is 5.30. The topological polar surface area (TPSA) is 41.6 Å². The summed E-state index contributed by atoms with van der Waals surface area (Å²) in [5.74, 6) is 1.63. The molecule has 0 spiro atoms. The van der Waals surface area contributed by atoms with Crippen molar-refractivity contribution in [2.24, 2.45) is 5.92 Å². The number of nitrogens with one attached hydrogen (secondary N) is 1. The van der Waals surface area contributed by atoms with E-state index in [2.05, 4.69) is 28.9 Å². The molecule has 1 aromatic carbocycles. The molecular weight excluding hydrogens is 356 g/mol. The van der Waals surface area contributed by atoms with E-state index >= 15 is 0 Å². The Kier molecular flexibility index (Phi) is 5.79. The summed E-state index contributed by atoms with van der Waals surface area (Å²) >= 11 is 1.71. The first-order valence-electron chi connectivity index (χ1n) is 9.89. The molecule has 27 heavy (non-hydrogen) atoms. The average molecular weight is 385 g/mol. The molecule has 1 amide bonds. The van der Waals surface area contributed by atoms with Crippen molar-refractivity contribution in [1.82, 2.24) is 10.2 Å². The van der Waals surface area contributed by atoms with E-state index in [-0.39, 0.29) is 5.91 Å². The maximum Gasteiger partial charge on any atom is 0.223 e. The van der Waals surface area contributed by atoms with Crippen molar-refractivity contribution >= 4 is 17.2 Å². The number of benzene rings is 1. The summed E-state index contributed by atoms with van der Waals surface area (Å²) < 4.78 is 5.50. The van der Waals surface area contributed by atoms with Crippen molar-refractivity contribution in [1.29, 1.82) is 0 Å². The van der Waals surface area contributed by atoms with Crippen LogP contribution >= 0.6 is 11.3 Å². The maximum absolute atomic E-state index is 13.2. The zero-order valence-corrected chi connectivity index (χ0v) is 16.7. The van der Waals surface area contributed by atoms with Crippen molar-refractivity contribution in [2.75, 3.05) is 7.11 Å². The van der Waals surface area contributed by atoms with Gasteiger partial charge in [0.2, 0.25) is 5.91 Å². The first kappa shape index (κ1) is 18.5. The van der Waals surface area contributed by atoms with Crippen LogP contribution in [0.25, 0.3) is 0 Å². The van der Waals surface area contributed by atoms with Crippen LogP contribution in [0, 0.1) is 5.92 Å². The lowest BCUT2D eigenvalue weighted by Gasteiger charge is -2.31. The molecule has 1 N–H and O–H groups in total. The normalized spacial score (nSPS) is 24.0. The lowest BCUT2D eigenvalue weighted by atomic mass is 9.89. The van der Waals surface area contributed by atoms with Gasteiger partial charge in [-0.1, -0.05) is 24.3 Å². The van der Waals surface area contributed by atoms with Gasteiger partial charge in [0.05, 0.1) is 13.7 Å². The Hall–Kier alpha value is -1.85. The summed E-state index contributed by atoms with van der Waals surface area (Å²) in [4.78, 5) is 16.5. The van der Waals surface area contributed by atoms with Gasteiger partial charge < -0.3 is 15.0 Å². The predicted octanol–water partition coefficient (Wildman–Crippen LogP) is 4.21. The van der Waals surface area contributed by atoms with Gasteiger partial charge in [-0.3, -0.25) is 4.79 Å². The molecule has 5 heteroatoms. The molecule has 2 bridgehead atoms. The highest BCUT2D eigenvalue weighted by Crippen LogP contribution is 2.33. The number of carbonyl (C=O) groups excluding carboxylic acids is 1. The number of rotatable bonds is 7. The number of carbonyl (C=O) groups is 1. The second-order valence-electron chi connectivity index (χ2n) is 7.82. The van der Waals surface area contributed by atoms with E-state index in [9.17, 15) is 4.79 Å². The van der Waals surface area contributed by atoms with Gasteiger partial charge in [-0.2, -0.15) is 0 Å². The summed E-state index contributed by atoms with van der Waals surface area (Å²) in [5, 5.41) is 5.75. The number of methoxy groups -OCH3 is 1. The van der Waals surface area contributed by atoms with Crippen LogP contribution in [0.4, 0.5) is 0 Å². The summed E-state index contributed by atoms with van der Waals surface area (Å²) in [5.41, 5.74) is 1.07. The summed E-state index contributed by atoms with van der Waals surface area (Å²) in [6.07, 6.45) is 5.49. The predicted molar refractivity (Wildman–Crippen MR) is 109 cm³/mol. The Bertz CT molecular complexity index is 749. The van der Waals surface area contributed by atoms with Crippen molar-refractivity contribution < 1.29 is 9.53 Å². The molecule has 2 saturated heterocycles. The smallest absolute Gasteiger partial charge is 0.223 e. The van der Waals surface area contributed by atoms with Crippen LogP contribution in [0.2, 0.25) is 0 Å². The van der Waals surface area contributed by atoms with E-state index in [4.69, 9.17) is 4.74 Å². The van der Waals surface area contributed by atoms with Gasteiger partial charge in [0.15, 0.2) is 0 Å². The van der Waals surface area contributed by atoms with Crippen LogP contribution in [0.15, 0.2) is 41.8 Å². The zero-order chi connectivity index (χ0) is 18.6. The first-order valence-corrected chi connectivity index (χ1v) is 10.8. The third kappa shape index (κ3) is 4.53. The maximum atomic E-state index is 13.2. The van der Waals surface area contributed by atoms with Crippen LogP contribution < -0.4 is 10.1 Å². The molecule has 4 nitrogen and oxygen atoms in total. The Balaban J connectivity index is 1.47. The van der Waals surface area contributed by atoms with Gasteiger partial charge in [0.1, 0.15) is 5.75 Å². The third-order valence-corrected chi connectivity index (χ3v) is 6.73. The van der Waals surface area contributed by atoms with Crippen molar-refractivity contribution in [3.63, 3.8) is 0 Å². The largest absolute Gasteiger partial charge is 0.496 e. The number of fused-ring (bicyclic) bond motifs is 2. The molecule has 2 aromatic rings. The molecule has 0 saturated carbocycles. The van der Waals surface area contributed by atoms with Gasteiger partial charge in [0.25, 0.3) is 0 Å². The van der Waals surface area contributed by atoms with Gasteiger partial charge in [-0.25, -0.2) is 0 Å². The second-order valence-corrected chi connectivity index (χ2v) is 8.85. The Morgan fingerprint density at radius 1 is 1.15 bits per heavy atom. The van der Waals surface area contributed by atoms with E-state index < -0.39 is 0 Å². The lowest BCUT2D eigenvalue weighted by molar-refractivity contribution is -0.133. The number of nitrogens with zero attached hydrogens (tertiary/aromatic N) is 1. The monoisotopic (exact) mass is 384 g/mol. The van der Waals surface area contributed by atoms with Crippen molar-refractivity contribution in [2.45, 2.75) is 57.3 Å². The minimum atomic E-state index is 0.264. The summed E-state index contributed by atoms with van der Waals surface area (Å²) in [6.45, 7) is 1.27. The highest BCUT2D eigenvalue weighted by atomic mass is 32.1. The number of hydrogen-bond donors (Lipinski definition) is 1. The quantitative estimate of drug-likeness (QED) is 0.778. The Morgan fingerprint density at radius 3 is 2.63 bits per heavy atom. The molecular formula is C22H28N2O2S. The number of ether oxygens (including phenoxy) is 1. The number of amides is 1. The molecule has 144 valence electrons. The van der Waals surface area contributed by atoms with Crippen molar-refractivity contribution in [3.8, 4) is 5.75 Å². The fourth-order valence-electron chi connectivity index (χ4n) is 4.58. The number of para-hydroxylation sites is 1. The first-order chi connectivity index (χ1) is 13.2. The van der Waals surface area contributed by atoms with Crippen LogP contribution in [0.3, 0.4) is 0 Å². The summed E-state index contributed by atoms with van der Waals surface area (Å²) in [7, 11) is 1.69. The fraction of sp³-hybridized carbons (Fsp3) is 0.500. The molecule has 2 unspecified atom stereocenters. The number of hydrogen-bond acceptors (Lipinski definition) is 4. The molecule has 1 aromatic heterocycles. The molecule has 4 rings (SSSR count). The van der Waals surface area contributed by atoms with Crippen LogP contribution in [0.5, 0.6) is 5.75 Å². The van der Waals surface area contributed by atoms with Crippen LogP contribution in [-0.2, 0) is 17.9 Å². The molecule has 3 heterocycles.